The van der Waals surface area contributed by atoms with Crippen molar-refractivity contribution in [1.82, 2.24) is 14.8 Å². The number of aromatic nitrogens is 3. The zero-order valence-corrected chi connectivity index (χ0v) is 17.4. The van der Waals surface area contributed by atoms with E-state index in [0.29, 0.717) is 32.3 Å². The van der Waals surface area contributed by atoms with Gasteiger partial charge in [-0.1, -0.05) is 47.1 Å². The number of rotatable bonds is 6. The third-order valence-corrected chi connectivity index (χ3v) is 5.66. The molecule has 3 aromatic rings. The maximum atomic E-state index is 12.2. The highest BCUT2D eigenvalue weighted by Gasteiger charge is 2.14. The van der Waals surface area contributed by atoms with Crippen molar-refractivity contribution in [3.63, 3.8) is 0 Å². The van der Waals surface area contributed by atoms with Gasteiger partial charge in [0.05, 0.1) is 15.8 Å². The van der Waals surface area contributed by atoms with Gasteiger partial charge >= 0.3 is 0 Å². The van der Waals surface area contributed by atoms with E-state index in [0.717, 1.165) is 5.56 Å². The fourth-order valence-electron chi connectivity index (χ4n) is 2.47. The summed E-state index contributed by atoms with van der Waals surface area (Å²) in [4.78, 5) is 23.7. The average molecular weight is 435 g/mol. The van der Waals surface area contributed by atoms with Gasteiger partial charge in [0, 0.05) is 23.9 Å². The van der Waals surface area contributed by atoms with Gasteiger partial charge in [0.25, 0.3) is 0 Å². The number of halogens is 2. The van der Waals surface area contributed by atoms with Gasteiger partial charge < -0.3 is 9.88 Å². The maximum absolute atomic E-state index is 12.2. The molecule has 0 radical (unpaired) electrons. The van der Waals surface area contributed by atoms with Crippen LogP contribution in [0.2, 0.25) is 10.0 Å². The molecule has 0 saturated carbocycles. The number of ketones is 1. The highest BCUT2D eigenvalue weighted by atomic mass is 35.5. The normalized spacial score (nSPS) is 10.7. The minimum atomic E-state index is -0.204. The Bertz CT molecular complexity index is 1050. The molecule has 9 heteroatoms. The SMILES string of the molecule is CC(=O)c1cccc(NC(=O)CSc2nnc(-c3ccc(Cl)c(Cl)c3)n2C)c1. The highest BCUT2D eigenvalue weighted by molar-refractivity contribution is 7.99. The first-order chi connectivity index (χ1) is 13.3. The largest absolute Gasteiger partial charge is 0.325 e. The predicted molar refractivity (Wildman–Crippen MR) is 112 cm³/mol. The number of benzene rings is 2. The summed E-state index contributed by atoms with van der Waals surface area (Å²) in [6.45, 7) is 1.48. The second-order valence-corrected chi connectivity index (χ2v) is 7.72. The van der Waals surface area contributed by atoms with Crippen LogP contribution in [-0.2, 0) is 11.8 Å². The van der Waals surface area contributed by atoms with Gasteiger partial charge in [-0.05, 0) is 37.3 Å². The number of anilines is 1. The monoisotopic (exact) mass is 434 g/mol. The Kier molecular flexibility index (Phi) is 6.39. The molecule has 3 rings (SSSR count). The lowest BCUT2D eigenvalue weighted by molar-refractivity contribution is -0.113. The second-order valence-electron chi connectivity index (χ2n) is 5.97. The Labute approximate surface area is 176 Å². The minimum Gasteiger partial charge on any atom is -0.325 e. The summed E-state index contributed by atoms with van der Waals surface area (Å²) in [6.07, 6.45) is 0. The van der Waals surface area contributed by atoms with E-state index in [2.05, 4.69) is 15.5 Å². The summed E-state index contributed by atoms with van der Waals surface area (Å²) >= 11 is 13.3. The topological polar surface area (TPSA) is 76.9 Å². The van der Waals surface area contributed by atoms with Crippen LogP contribution in [-0.4, -0.2) is 32.2 Å². The zero-order chi connectivity index (χ0) is 20.3. The van der Waals surface area contributed by atoms with Crippen molar-refractivity contribution in [1.29, 1.82) is 0 Å². The van der Waals surface area contributed by atoms with Crippen LogP contribution >= 0.6 is 35.0 Å². The Morgan fingerprint density at radius 2 is 1.89 bits per heavy atom. The molecule has 2 aromatic carbocycles. The lowest BCUT2D eigenvalue weighted by Crippen LogP contribution is -2.14. The first kappa shape index (κ1) is 20.4. The molecule has 0 spiro atoms. The van der Waals surface area contributed by atoms with Crippen molar-refractivity contribution in [3.8, 4) is 11.4 Å². The van der Waals surface area contributed by atoms with Crippen molar-refractivity contribution in [2.24, 2.45) is 7.05 Å². The smallest absolute Gasteiger partial charge is 0.234 e. The van der Waals surface area contributed by atoms with Crippen LogP contribution in [0, 0.1) is 0 Å². The number of hydrogen-bond acceptors (Lipinski definition) is 5. The molecule has 0 aliphatic heterocycles. The molecule has 0 atom stereocenters. The lowest BCUT2D eigenvalue weighted by Gasteiger charge is -2.07. The molecule has 28 heavy (non-hydrogen) atoms. The second kappa shape index (κ2) is 8.77. The number of hydrogen-bond donors (Lipinski definition) is 1. The van der Waals surface area contributed by atoms with E-state index in [9.17, 15) is 9.59 Å². The van der Waals surface area contributed by atoms with Gasteiger partial charge in [0.1, 0.15) is 0 Å². The molecule has 0 aliphatic rings. The molecule has 0 fully saturated rings. The van der Waals surface area contributed by atoms with Crippen molar-refractivity contribution >= 4 is 52.3 Å². The Morgan fingerprint density at radius 3 is 2.61 bits per heavy atom. The first-order valence-electron chi connectivity index (χ1n) is 8.23. The van der Waals surface area contributed by atoms with Crippen molar-refractivity contribution in [2.45, 2.75) is 12.1 Å². The fraction of sp³-hybridized carbons (Fsp3) is 0.158. The van der Waals surface area contributed by atoms with Gasteiger partial charge in [0.15, 0.2) is 16.8 Å². The number of nitrogens with zero attached hydrogens (tertiary/aromatic N) is 3. The summed E-state index contributed by atoms with van der Waals surface area (Å²) in [5.41, 5.74) is 1.90. The van der Waals surface area contributed by atoms with Crippen molar-refractivity contribution < 1.29 is 9.59 Å². The molecule has 0 bridgehead atoms. The Hall–Kier alpha value is -2.35. The number of carbonyl (C=O) groups is 2. The Balaban J connectivity index is 1.66. The van der Waals surface area contributed by atoms with Gasteiger partial charge in [-0.25, -0.2) is 0 Å². The van der Waals surface area contributed by atoms with Crippen molar-refractivity contribution in [3.05, 3.63) is 58.1 Å². The Morgan fingerprint density at radius 1 is 1.11 bits per heavy atom. The van der Waals surface area contributed by atoms with E-state index in [-0.39, 0.29) is 17.4 Å². The average Bonchev–Trinajstić information content (AvgIpc) is 3.03. The molecule has 1 amide bonds. The standard InChI is InChI=1S/C19H16Cl2N4O2S/c1-11(26)12-4-3-5-14(8-12)22-17(27)10-28-19-24-23-18(25(19)2)13-6-7-15(20)16(21)9-13/h3-9H,10H2,1-2H3,(H,22,27). The van der Waals surface area contributed by atoms with Crippen LogP contribution in [0.25, 0.3) is 11.4 Å². The molecule has 144 valence electrons. The van der Waals surface area contributed by atoms with Crippen LogP contribution in [0.15, 0.2) is 47.6 Å². The number of amides is 1. The summed E-state index contributed by atoms with van der Waals surface area (Å²) in [7, 11) is 1.81. The summed E-state index contributed by atoms with van der Waals surface area (Å²) < 4.78 is 1.79. The zero-order valence-electron chi connectivity index (χ0n) is 15.1. The van der Waals surface area contributed by atoms with E-state index in [1.54, 1.807) is 47.0 Å². The molecule has 0 saturated heterocycles. The molecule has 0 unspecified atom stereocenters. The first-order valence-corrected chi connectivity index (χ1v) is 9.98. The number of thioether (sulfide) groups is 1. The van der Waals surface area contributed by atoms with Crippen LogP contribution in [0.4, 0.5) is 5.69 Å². The van der Waals surface area contributed by atoms with E-state index in [4.69, 9.17) is 23.2 Å². The molecule has 6 nitrogen and oxygen atoms in total. The maximum Gasteiger partial charge on any atom is 0.234 e. The molecule has 1 heterocycles. The van der Waals surface area contributed by atoms with E-state index in [1.807, 2.05) is 7.05 Å². The van der Waals surface area contributed by atoms with Gasteiger partial charge in [-0.15, -0.1) is 10.2 Å². The summed E-state index contributed by atoms with van der Waals surface area (Å²) in [5, 5.41) is 12.6. The molecule has 0 aliphatic carbocycles. The molecule has 1 N–H and O–H groups in total. The third kappa shape index (κ3) is 4.73. The lowest BCUT2D eigenvalue weighted by atomic mass is 10.1. The summed E-state index contributed by atoms with van der Waals surface area (Å²) in [6, 6.07) is 12.0. The van der Waals surface area contributed by atoms with Gasteiger partial charge in [0.2, 0.25) is 5.91 Å². The fourth-order valence-corrected chi connectivity index (χ4v) is 3.48. The van der Waals surface area contributed by atoms with Crippen LogP contribution in [0.1, 0.15) is 17.3 Å². The molecular weight excluding hydrogens is 419 g/mol. The minimum absolute atomic E-state index is 0.0561. The number of nitrogens with one attached hydrogen (secondary N) is 1. The van der Waals surface area contributed by atoms with Crippen LogP contribution < -0.4 is 5.32 Å². The van der Waals surface area contributed by atoms with Crippen LogP contribution in [0.3, 0.4) is 0 Å². The van der Waals surface area contributed by atoms with E-state index >= 15 is 0 Å². The predicted octanol–water partition coefficient (Wildman–Crippen LogP) is 4.72. The number of Topliss-reactive ketones (excluding diaryl/α,β-unsaturated/α-hetero) is 1. The van der Waals surface area contributed by atoms with Gasteiger partial charge in [-0.2, -0.15) is 0 Å². The quantitative estimate of drug-likeness (QED) is 0.448. The molecule has 1 aromatic heterocycles. The van der Waals surface area contributed by atoms with E-state index in [1.165, 1.54) is 18.7 Å². The van der Waals surface area contributed by atoms with Crippen molar-refractivity contribution in [2.75, 3.05) is 11.1 Å². The van der Waals surface area contributed by atoms with Crippen LogP contribution in [0.5, 0.6) is 0 Å². The highest BCUT2D eigenvalue weighted by Crippen LogP contribution is 2.29. The van der Waals surface area contributed by atoms with Gasteiger partial charge in [-0.3, -0.25) is 9.59 Å². The number of carbonyl (C=O) groups excluding carboxylic acids is 2. The van der Waals surface area contributed by atoms with E-state index < -0.39 is 0 Å². The third-order valence-electron chi connectivity index (χ3n) is 3.90. The summed E-state index contributed by atoms with van der Waals surface area (Å²) in [5.74, 6) is 0.511. The molecular formula is C19H16Cl2N4O2S.